The number of sulfonamides is 1. The Kier molecular flexibility index (Phi) is 10.9. The normalized spacial score (nSPS) is 13.1. The molecule has 0 spiro atoms. The molecule has 0 aliphatic carbocycles. The lowest BCUT2D eigenvalue weighted by molar-refractivity contribution is -0.139. The zero-order chi connectivity index (χ0) is 26.2. The van der Waals surface area contributed by atoms with E-state index in [9.17, 15) is 18.0 Å². The van der Waals surface area contributed by atoms with E-state index in [1.165, 1.54) is 23.1 Å². The van der Waals surface area contributed by atoms with Crippen molar-refractivity contribution in [3.63, 3.8) is 0 Å². The summed E-state index contributed by atoms with van der Waals surface area (Å²) >= 11 is 12.2. The standard InChI is InChI=1S/C25H33Cl2N3O4S/c1-5-18(3)28-25(32)23(6-2)29(13-12-19-10-8-7-9-11-19)24(31)17-30(35(4,33)34)22-15-20(26)14-21(27)16-22/h7-11,14-16,18,23H,5-6,12-13,17H2,1-4H3,(H,28,32)/t18-,23-/m1/s1. The van der Waals surface area contributed by atoms with Gasteiger partial charge in [-0.1, -0.05) is 67.4 Å². The lowest BCUT2D eigenvalue weighted by atomic mass is 10.1. The van der Waals surface area contributed by atoms with Crippen molar-refractivity contribution in [2.45, 2.75) is 52.1 Å². The monoisotopic (exact) mass is 541 g/mol. The smallest absolute Gasteiger partial charge is 0.244 e. The minimum atomic E-state index is -3.85. The summed E-state index contributed by atoms with van der Waals surface area (Å²) in [6.07, 6.45) is 2.65. The minimum Gasteiger partial charge on any atom is -0.352 e. The Morgan fingerprint density at radius 1 is 1.00 bits per heavy atom. The number of nitrogens with one attached hydrogen (secondary N) is 1. The Morgan fingerprint density at radius 2 is 1.60 bits per heavy atom. The average Bonchev–Trinajstić information content (AvgIpc) is 2.78. The summed E-state index contributed by atoms with van der Waals surface area (Å²) in [6.45, 7) is 5.45. The molecular weight excluding hydrogens is 509 g/mol. The molecule has 2 aromatic carbocycles. The number of benzene rings is 2. The van der Waals surface area contributed by atoms with Gasteiger partial charge in [0.2, 0.25) is 21.8 Å². The minimum absolute atomic E-state index is 0.0521. The van der Waals surface area contributed by atoms with Crippen molar-refractivity contribution in [2.24, 2.45) is 0 Å². The number of hydrogen-bond acceptors (Lipinski definition) is 4. The third-order valence-electron chi connectivity index (χ3n) is 5.69. The highest BCUT2D eigenvalue weighted by atomic mass is 35.5. The quantitative estimate of drug-likeness (QED) is 0.427. The highest BCUT2D eigenvalue weighted by molar-refractivity contribution is 7.92. The predicted octanol–water partition coefficient (Wildman–Crippen LogP) is 4.52. The van der Waals surface area contributed by atoms with E-state index in [2.05, 4.69) is 5.32 Å². The molecule has 0 heterocycles. The first-order valence-corrected chi connectivity index (χ1v) is 14.1. The molecule has 2 atom stereocenters. The maximum absolute atomic E-state index is 13.6. The van der Waals surface area contributed by atoms with E-state index in [1.807, 2.05) is 51.1 Å². The van der Waals surface area contributed by atoms with E-state index in [-0.39, 0.29) is 34.2 Å². The van der Waals surface area contributed by atoms with Gasteiger partial charge in [0.25, 0.3) is 0 Å². The van der Waals surface area contributed by atoms with Crippen molar-refractivity contribution in [3.8, 4) is 0 Å². The second kappa shape index (κ2) is 13.1. The molecule has 10 heteroatoms. The Labute approximate surface area is 218 Å². The number of carbonyl (C=O) groups excluding carboxylic acids is 2. The summed E-state index contributed by atoms with van der Waals surface area (Å²) in [5.41, 5.74) is 1.18. The fourth-order valence-electron chi connectivity index (χ4n) is 3.63. The van der Waals surface area contributed by atoms with Crippen LogP contribution in [0.2, 0.25) is 10.0 Å². The van der Waals surface area contributed by atoms with Gasteiger partial charge in [-0.05, 0) is 49.9 Å². The van der Waals surface area contributed by atoms with E-state index in [4.69, 9.17) is 23.2 Å². The van der Waals surface area contributed by atoms with Crippen molar-refractivity contribution >= 4 is 50.7 Å². The fourth-order valence-corrected chi connectivity index (χ4v) is 4.98. The number of nitrogens with zero attached hydrogens (tertiary/aromatic N) is 2. The first-order chi connectivity index (χ1) is 16.5. The van der Waals surface area contributed by atoms with Gasteiger partial charge in [-0.25, -0.2) is 8.42 Å². The van der Waals surface area contributed by atoms with Crippen LogP contribution in [0.4, 0.5) is 5.69 Å². The number of halogens is 2. The molecule has 7 nitrogen and oxygen atoms in total. The molecule has 0 unspecified atom stereocenters. The van der Waals surface area contributed by atoms with Crippen molar-refractivity contribution in [1.29, 1.82) is 0 Å². The number of carbonyl (C=O) groups is 2. The Hall–Kier alpha value is -2.29. The first-order valence-electron chi connectivity index (χ1n) is 11.5. The molecule has 192 valence electrons. The van der Waals surface area contributed by atoms with Crippen molar-refractivity contribution in [3.05, 3.63) is 64.1 Å². The molecule has 0 fully saturated rings. The van der Waals surface area contributed by atoms with Crippen LogP contribution in [0.1, 0.15) is 39.2 Å². The first kappa shape index (κ1) is 28.9. The van der Waals surface area contributed by atoms with Gasteiger partial charge in [0.1, 0.15) is 12.6 Å². The molecule has 2 amide bonds. The topological polar surface area (TPSA) is 86.8 Å². The third kappa shape index (κ3) is 8.70. The van der Waals surface area contributed by atoms with E-state index in [1.54, 1.807) is 0 Å². The number of anilines is 1. The molecule has 0 aliphatic heterocycles. The number of rotatable bonds is 12. The highest BCUT2D eigenvalue weighted by Crippen LogP contribution is 2.27. The largest absolute Gasteiger partial charge is 0.352 e. The van der Waals surface area contributed by atoms with Gasteiger partial charge in [-0.2, -0.15) is 0 Å². The maximum Gasteiger partial charge on any atom is 0.244 e. The summed E-state index contributed by atoms with van der Waals surface area (Å²) in [4.78, 5) is 28.1. The second-order valence-electron chi connectivity index (χ2n) is 8.46. The molecule has 0 bridgehead atoms. The van der Waals surface area contributed by atoms with Crippen LogP contribution >= 0.6 is 23.2 Å². The Bertz CT molecular complexity index is 1090. The Balaban J connectivity index is 2.39. The van der Waals surface area contributed by atoms with Crippen LogP contribution in [-0.2, 0) is 26.0 Å². The van der Waals surface area contributed by atoms with Gasteiger partial charge in [-0.3, -0.25) is 13.9 Å². The molecule has 0 saturated carbocycles. The van der Waals surface area contributed by atoms with E-state index in [0.717, 1.165) is 22.5 Å². The maximum atomic E-state index is 13.6. The zero-order valence-electron chi connectivity index (χ0n) is 20.5. The summed E-state index contributed by atoms with van der Waals surface area (Å²) in [6, 6.07) is 13.2. The van der Waals surface area contributed by atoms with Crippen LogP contribution in [0, 0.1) is 0 Å². The molecule has 1 N–H and O–H groups in total. The molecule has 0 aromatic heterocycles. The van der Waals surface area contributed by atoms with Gasteiger partial charge in [-0.15, -0.1) is 0 Å². The van der Waals surface area contributed by atoms with E-state index >= 15 is 0 Å². The molecule has 0 aliphatic rings. The average molecular weight is 543 g/mol. The molecular formula is C25H33Cl2N3O4S. The summed E-state index contributed by atoms with van der Waals surface area (Å²) in [5.74, 6) is -0.756. The fraction of sp³-hybridized carbons (Fsp3) is 0.440. The summed E-state index contributed by atoms with van der Waals surface area (Å²) in [7, 11) is -3.85. The molecule has 0 radical (unpaired) electrons. The summed E-state index contributed by atoms with van der Waals surface area (Å²) < 4.78 is 26.2. The predicted molar refractivity (Wildman–Crippen MR) is 142 cm³/mol. The SMILES string of the molecule is CC[C@@H](C)NC(=O)[C@@H](CC)N(CCc1ccccc1)C(=O)CN(c1cc(Cl)cc(Cl)c1)S(C)(=O)=O. The lowest BCUT2D eigenvalue weighted by Gasteiger charge is -2.33. The molecule has 0 saturated heterocycles. The third-order valence-corrected chi connectivity index (χ3v) is 7.26. The summed E-state index contributed by atoms with van der Waals surface area (Å²) in [5, 5.41) is 3.43. The van der Waals surface area contributed by atoms with Gasteiger partial charge < -0.3 is 10.2 Å². The van der Waals surface area contributed by atoms with Crippen molar-refractivity contribution < 1.29 is 18.0 Å². The number of amides is 2. The lowest BCUT2D eigenvalue weighted by Crippen LogP contribution is -2.54. The van der Waals surface area contributed by atoms with Crippen molar-refractivity contribution in [2.75, 3.05) is 23.7 Å². The van der Waals surface area contributed by atoms with Crippen molar-refractivity contribution in [1.82, 2.24) is 10.2 Å². The molecule has 35 heavy (non-hydrogen) atoms. The number of hydrogen-bond donors (Lipinski definition) is 1. The van der Waals surface area contributed by atoms with Gasteiger partial charge in [0.15, 0.2) is 0 Å². The van der Waals surface area contributed by atoms with E-state index < -0.39 is 28.5 Å². The zero-order valence-corrected chi connectivity index (χ0v) is 22.8. The van der Waals surface area contributed by atoms with Crippen LogP contribution in [0.3, 0.4) is 0 Å². The highest BCUT2D eigenvalue weighted by Gasteiger charge is 2.32. The van der Waals surface area contributed by atoms with Gasteiger partial charge in [0, 0.05) is 22.6 Å². The molecule has 2 aromatic rings. The van der Waals surface area contributed by atoms with Gasteiger partial charge in [0.05, 0.1) is 11.9 Å². The van der Waals surface area contributed by atoms with E-state index in [0.29, 0.717) is 12.8 Å². The Morgan fingerprint density at radius 3 is 2.11 bits per heavy atom. The second-order valence-corrected chi connectivity index (χ2v) is 11.2. The van der Waals surface area contributed by atoms with Crippen LogP contribution in [0.15, 0.2) is 48.5 Å². The molecule has 2 rings (SSSR count). The van der Waals surface area contributed by atoms with Crippen LogP contribution in [0.25, 0.3) is 0 Å². The van der Waals surface area contributed by atoms with Crippen LogP contribution in [-0.4, -0.2) is 56.6 Å². The van der Waals surface area contributed by atoms with Crippen LogP contribution < -0.4 is 9.62 Å². The van der Waals surface area contributed by atoms with Gasteiger partial charge >= 0.3 is 0 Å². The van der Waals surface area contributed by atoms with Crippen LogP contribution in [0.5, 0.6) is 0 Å².